The van der Waals surface area contributed by atoms with Crippen LogP contribution in [0, 0.1) is 0 Å². The van der Waals surface area contributed by atoms with Gasteiger partial charge in [-0.3, -0.25) is 4.79 Å². The Morgan fingerprint density at radius 2 is 2.29 bits per heavy atom. The summed E-state index contributed by atoms with van der Waals surface area (Å²) in [6.07, 6.45) is 6.24. The highest BCUT2D eigenvalue weighted by molar-refractivity contribution is 5.86. The van der Waals surface area contributed by atoms with Crippen molar-refractivity contribution in [1.82, 2.24) is 14.1 Å². The van der Waals surface area contributed by atoms with Gasteiger partial charge in [-0.05, 0) is 0 Å². The second kappa shape index (κ2) is 4.25. The summed E-state index contributed by atoms with van der Waals surface area (Å²) in [6.45, 7) is 0.469. The zero-order valence-corrected chi connectivity index (χ0v) is 9.20. The van der Waals surface area contributed by atoms with E-state index in [-0.39, 0.29) is 5.56 Å². The molecule has 88 valence electrons. The van der Waals surface area contributed by atoms with Gasteiger partial charge in [0.2, 0.25) is 0 Å². The van der Waals surface area contributed by atoms with Crippen molar-refractivity contribution in [2.45, 2.75) is 6.54 Å². The number of aromatic carboxylic acids is 1. The van der Waals surface area contributed by atoms with Crippen molar-refractivity contribution in [1.29, 1.82) is 0 Å². The van der Waals surface area contributed by atoms with E-state index in [0.29, 0.717) is 6.54 Å². The number of aryl methyl sites for hydroxylation is 1. The SMILES string of the molecule is Cn1cncc1Cn1ccc(=O)c(C(=O)O)c1. The van der Waals surface area contributed by atoms with Crippen LogP contribution < -0.4 is 5.43 Å². The van der Waals surface area contributed by atoms with Gasteiger partial charge in [0.1, 0.15) is 5.56 Å². The molecule has 1 N–H and O–H groups in total. The minimum Gasteiger partial charge on any atom is -0.477 e. The summed E-state index contributed by atoms with van der Waals surface area (Å²) in [5.74, 6) is -1.21. The molecule has 0 saturated heterocycles. The molecule has 0 atom stereocenters. The molecule has 0 aliphatic rings. The van der Waals surface area contributed by atoms with Gasteiger partial charge in [-0.1, -0.05) is 0 Å². The van der Waals surface area contributed by atoms with E-state index >= 15 is 0 Å². The smallest absolute Gasteiger partial charge is 0.341 e. The topological polar surface area (TPSA) is 77.1 Å². The largest absolute Gasteiger partial charge is 0.477 e. The van der Waals surface area contributed by atoms with Crippen LogP contribution in [0.25, 0.3) is 0 Å². The van der Waals surface area contributed by atoms with Crippen molar-refractivity contribution in [2.75, 3.05) is 0 Å². The summed E-state index contributed by atoms with van der Waals surface area (Å²) >= 11 is 0. The minimum absolute atomic E-state index is 0.227. The quantitative estimate of drug-likeness (QED) is 0.828. The van der Waals surface area contributed by atoms with E-state index in [1.807, 2.05) is 11.6 Å². The molecule has 2 rings (SSSR count). The Balaban J connectivity index is 2.35. The van der Waals surface area contributed by atoms with Gasteiger partial charge >= 0.3 is 5.97 Å². The standard InChI is InChI=1S/C11H11N3O3/c1-13-7-12-4-8(13)5-14-3-2-10(15)9(6-14)11(16)17/h2-4,6-7H,5H2,1H3,(H,16,17). The first kappa shape index (κ1) is 11.1. The molecule has 0 saturated carbocycles. The number of hydrogen-bond acceptors (Lipinski definition) is 3. The van der Waals surface area contributed by atoms with Crippen molar-refractivity contribution in [3.05, 3.63) is 52.5 Å². The lowest BCUT2D eigenvalue weighted by Gasteiger charge is -2.07. The van der Waals surface area contributed by atoms with Gasteiger partial charge in [0, 0.05) is 31.7 Å². The zero-order chi connectivity index (χ0) is 12.4. The van der Waals surface area contributed by atoms with Crippen molar-refractivity contribution in [3.63, 3.8) is 0 Å². The number of carboxylic acid groups (broad SMARTS) is 1. The van der Waals surface area contributed by atoms with Gasteiger partial charge in [-0.15, -0.1) is 0 Å². The maximum atomic E-state index is 11.3. The molecule has 2 heterocycles. The third kappa shape index (κ3) is 2.25. The number of imidazole rings is 1. The molecule has 0 unspecified atom stereocenters. The fourth-order valence-corrected chi connectivity index (χ4v) is 1.51. The van der Waals surface area contributed by atoms with Gasteiger partial charge in [0.05, 0.1) is 18.6 Å². The van der Waals surface area contributed by atoms with Crippen LogP contribution >= 0.6 is 0 Å². The average Bonchev–Trinajstić information content (AvgIpc) is 2.67. The van der Waals surface area contributed by atoms with Gasteiger partial charge < -0.3 is 14.2 Å². The number of carbonyl (C=O) groups is 1. The van der Waals surface area contributed by atoms with Gasteiger partial charge in [0.15, 0.2) is 5.43 Å². The van der Waals surface area contributed by atoms with Crippen LogP contribution in [0.2, 0.25) is 0 Å². The second-order valence-corrected chi connectivity index (χ2v) is 3.70. The highest BCUT2D eigenvalue weighted by Gasteiger charge is 2.08. The Morgan fingerprint density at radius 3 is 2.88 bits per heavy atom. The minimum atomic E-state index is -1.21. The van der Waals surface area contributed by atoms with E-state index in [9.17, 15) is 9.59 Å². The molecule has 0 aromatic carbocycles. The Hall–Kier alpha value is -2.37. The molecule has 0 amide bonds. The highest BCUT2D eigenvalue weighted by atomic mass is 16.4. The molecule has 0 spiro atoms. The van der Waals surface area contributed by atoms with Crippen LogP contribution in [-0.4, -0.2) is 25.2 Å². The predicted molar refractivity (Wildman–Crippen MR) is 60.0 cm³/mol. The first-order valence-electron chi connectivity index (χ1n) is 4.96. The number of nitrogens with zero attached hydrogens (tertiary/aromatic N) is 3. The van der Waals surface area contributed by atoms with Crippen molar-refractivity contribution in [2.24, 2.45) is 7.05 Å². The van der Waals surface area contributed by atoms with E-state index in [1.54, 1.807) is 23.3 Å². The Kier molecular flexibility index (Phi) is 2.78. The molecule has 6 heteroatoms. The monoisotopic (exact) mass is 233 g/mol. The van der Waals surface area contributed by atoms with E-state index < -0.39 is 11.4 Å². The molecular weight excluding hydrogens is 222 g/mol. The third-order valence-corrected chi connectivity index (χ3v) is 2.47. The van der Waals surface area contributed by atoms with Gasteiger partial charge in [-0.25, -0.2) is 9.78 Å². The summed E-state index contributed by atoms with van der Waals surface area (Å²) in [7, 11) is 1.85. The molecule has 0 bridgehead atoms. The van der Waals surface area contributed by atoms with Gasteiger partial charge in [-0.2, -0.15) is 0 Å². The lowest BCUT2D eigenvalue weighted by Crippen LogP contribution is -2.17. The summed E-state index contributed by atoms with van der Waals surface area (Å²) < 4.78 is 3.47. The van der Waals surface area contributed by atoms with Crippen LogP contribution in [0.5, 0.6) is 0 Å². The maximum Gasteiger partial charge on any atom is 0.341 e. The van der Waals surface area contributed by atoms with Crippen LogP contribution in [0.15, 0.2) is 35.8 Å². The summed E-state index contributed by atoms with van der Waals surface area (Å²) in [5, 5.41) is 8.84. The number of rotatable bonds is 3. The van der Waals surface area contributed by atoms with E-state index in [4.69, 9.17) is 5.11 Å². The molecule has 17 heavy (non-hydrogen) atoms. The predicted octanol–water partition coefficient (Wildman–Crippen LogP) is 0.328. The molecule has 0 radical (unpaired) electrons. The second-order valence-electron chi connectivity index (χ2n) is 3.70. The number of hydrogen-bond donors (Lipinski definition) is 1. The van der Waals surface area contributed by atoms with Crippen LogP contribution in [0.1, 0.15) is 16.1 Å². The summed E-state index contributed by atoms with van der Waals surface area (Å²) in [4.78, 5) is 26.0. The number of carboxylic acids is 1. The Bertz CT molecular complexity index is 612. The molecule has 0 aliphatic carbocycles. The molecule has 0 aliphatic heterocycles. The molecular formula is C11H11N3O3. The van der Waals surface area contributed by atoms with Crippen LogP contribution in [0.4, 0.5) is 0 Å². The van der Waals surface area contributed by atoms with Crippen molar-refractivity contribution in [3.8, 4) is 0 Å². The van der Waals surface area contributed by atoms with Gasteiger partial charge in [0.25, 0.3) is 0 Å². The van der Waals surface area contributed by atoms with Crippen LogP contribution in [0.3, 0.4) is 0 Å². The first-order valence-corrected chi connectivity index (χ1v) is 4.96. The molecule has 0 fully saturated rings. The Morgan fingerprint density at radius 1 is 1.53 bits per heavy atom. The van der Waals surface area contributed by atoms with E-state index in [1.165, 1.54) is 12.3 Å². The first-order chi connectivity index (χ1) is 8.08. The third-order valence-electron chi connectivity index (χ3n) is 2.47. The summed E-state index contributed by atoms with van der Waals surface area (Å²) in [5.41, 5.74) is 0.207. The number of pyridine rings is 1. The molecule has 2 aromatic heterocycles. The van der Waals surface area contributed by atoms with Crippen molar-refractivity contribution >= 4 is 5.97 Å². The normalized spacial score (nSPS) is 10.4. The fourth-order valence-electron chi connectivity index (χ4n) is 1.51. The van der Waals surface area contributed by atoms with E-state index in [0.717, 1.165) is 5.69 Å². The number of aromatic nitrogens is 3. The fraction of sp³-hybridized carbons (Fsp3) is 0.182. The molecule has 2 aromatic rings. The molecule has 6 nitrogen and oxygen atoms in total. The average molecular weight is 233 g/mol. The zero-order valence-electron chi connectivity index (χ0n) is 9.20. The van der Waals surface area contributed by atoms with Crippen molar-refractivity contribution < 1.29 is 9.90 Å². The van der Waals surface area contributed by atoms with E-state index in [2.05, 4.69) is 4.98 Å². The summed E-state index contributed by atoms with van der Waals surface area (Å²) in [6, 6.07) is 1.25. The Labute approximate surface area is 96.8 Å². The lowest BCUT2D eigenvalue weighted by atomic mass is 10.2. The lowest BCUT2D eigenvalue weighted by molar-refractivity contribution is 0.0694. The van der Waals surface area contributed by atoms with Crippen LogP contribution in [-0.2, 0) is 13.6 Å². The highest BCUT2D eigenvalue weighted by Crippen LogP contribution is 2.01. The maximum absolute atomic E-state index is 11.3.